The van der Waals surface area contributed by atoms with E-state index in [0.717, 1.165) is 32.0 Å². The minimum atomic E-state index is 0.576. The molecule has 0 radical (unpaired) electrons. The molecule has 29 heavy (non-hydrogen) atoms. The molecule has 6 aromatic rings. The molecule has 5 aromatic heterocycles. The zero-order valence-electron chi connectivity index (χ0n) is 14.8. The quantitative estimate of drug-likeness (QED) is 0.422. The van der Waals surface area contributed by atoms with Crippen LogP contribution in [0.1, 0.15) is 0 Å². The summed E-state index contributed by atoms with van der Waals surface area (Å²) in [7, 11) is 0. The van der Waals surface area contributed by atoms with E-state index in [1.807, 2.05) is 24.3 Å². The molecule has 0 N–H and O–H groups in total. The second-order valence-electron chi connectivity index (χ2n) is 6.27. The fourth-order valence-electron chi connectivity index (χ4n) is 3.20. The molecule has 0 aliphatic heterocycles. The Morgan fingerprint density at radius 3 is 2.76 bits per heavy atom. The molecule has 0 saturated carbocycles. The Morgan fingerprint density at radius 2 is 1.90 bits per heavy atom. The van der Waals surface area contributed by atoms with Crippen molar-refractivity contribution >= 4 is 38.5 Å². The van der Waals surface area contributed by atoms with E-state index in [2.05, 4.69) is 43.7 Å². The number of fused-ring (bicyclic) bond motifs is 2. The third-order valence-electron chi connectivity index (χ3n) is 4.50. The van der Waals surface area contributed by atoms with Crippen LogP contribution in [0.2, 0.25) is 0 Å². The molecule has 0 saturated heterocycles. The molecule has 0 unspecified atom stereocenters. The van der Waals surface area contributed by atoms with E-state index in [0.29, 0.717) is 16.5 Å². The minimum absolute atomic E-state index is 0.576. The van der Waals surface area contributed by atoms with Gasteiger partial charge in [-0.15, -0.1) is 21.5 Å². The lowest BCUT2D eigenvalue weighted by Crippen LogP contribution is -1.94. The lowest BCUT2D eigenvalue weighted by molar-refractivity contribution is 0.958. The van der Waals surface area contributed by atoms with Crippen LogP contribution in [-0.4, -0.2) is 34.8 Å². The monoisotopic (exact) mass is 413 g/mol. The van der Waals surface area contributed by atoms with Crippen molar-refractivity contribution in [1.82, 2.24) is 34.8 Å². The van der Waals surface area contributed by atoms with Crippen molar-refractivity contribution in [3.8, 4) is 32.7 Å². The Labute approximate surface area is 172 Å². The Bertz CT molecular complexity index is 1450. The van der Waals surface area contributed by atoms with Gasteiger partial charge in [-0.25, -0.2) is 9.97 Å². The number of hydrogen-bond acceptors (Lipinski definition) is 8. The van der Waals surface area contributed by atoms with Crippen LogP contribution in [0, 0.1) is 0 Å². The van der Waals surface area contributed by atoms with Gasteiger partial charge in [-0.05, 0) is 23.6 Å². The lowest BCUT2D eigenvalue weighted by Gasteiger charge is -2.06. The van der Waals surface area contributed by atoms with Crippen molar-refractivity contribution < 1.29 is 0 Å². The predicted octanol–water partition coefficient (Wildman–Crippen LogP) is 4.59. The summed E-state index contributed by atoms with van der Waals surface area (Å²) in [6.07, 6.45) is 4.92. The molecule has 0 bridgehead atoms. The number of nitrogens with zero attached hydrogens (tertiary/aromatic N) is 7. The lowest BCUT2D eigenvalue weighted by atomic mass is 10.1. The number of hydrogen-bond donors (Lipinski definition) is 0. The summed E-state index contributed by atoms with van der Waals surface area (Å²) in [5, 5.41) is 17.3. The number of para-hydroxylation sites is 1. The summed E-state index contributed by atoms with van der Waals surface area (Å²) in [6, 6.07) is 14.3. The highest BCUT2D eigenvalue weighted by Gasteiger charge is 2.18. The van der Waals surface area contributed by atoms with Crippen LogP contribution in [0.5, 0.6) is 0 Å². The van der Waals surface area contributed by atoms with Gasteiger partial charge in [-0.2, -0.15) is 9.61 Å². The van der Waals surface area contributed by atoms with E-state index in [-0.39, 0.29) is 0 Å². The van der Waals surface area contributed by atoms with Crippen molar-refractivity contribution in [2.45, 2.75) is 0 Å². The molecule has 7 nitrogen and oxygen atoms in total. The normalized spacial score (nSPS) is 11.4. The van der Waals surface area contributed by atoms with Gasteiger partial charge in [0.2, 0.25) is 10.8 Å². The highest BCUT2D eigenvalue weighted by molar-refractivity contribution is 7.20. The van der Waals surface area contributed by atoms with Gasteiger partial charge in [0, 0.05) is 23.3 Å². The fraction of sp³-hybridized carbons (Fsp3) is 0. The smallest absolute Gasteiger partial charge is 0.235 e. The average Bonchev–Trinajstić information content (AvgIpc) is 3.51. The van der Waals surface area contributed by atoms with E-state index >= 15 is 0 Å². The van der Waals surface area contributed by atoms with Gasteiger partial charge < -0.3 is 0 Å². The molecule has 0 amide bonds. The summed E-state index contributed by atoms with van der Waals surface area (Å²) in [6.45, 7) is 0. The van der Waals surface area contributed by atoms with Crippen molar-refractivity contribution in [3.05, 3.63) is 66.4 Å². The van der Waals surface area contributed by atoms with Gasteiger partial charge in [0.15, 0.2) is 0 Å². The Balaban J connectivity index is 1.58. The van der Waals surface area contributed by atoms with Gasteiger partial charge in [-0.3, -0.25) is 4.98 Å². The molecule has 5 heterocycles. The summed E-state index contributed by atoms with van der Waals surface area (Å²) in [5.74, 6) is 0.576. The van der Waals surface area contributed by atoms with Crippen molar-refractivity contribution in [1.29, 1.82) is 0 Å². The number of aromatic nitrogens is 7. The van der Waals surface area contributed by atoms with Crippen molar-refractivity contribution in [3.63, 3.8) is 0 Å². The number of benzene rings is 1. The van der Waals surface area contributed by atoms with Crippen LogP contribution >= 0.6 is 22.7 Å². The summed E-state index contributed by atoms with van der Waals surface area (Å²) in [5.41, 5.74) is 3.54. The predicted molar refractivity (Wildman–Crippen MR) is 114 cm³/mol. The molecule has 138 valence electrons. The summed E-state index contributed by atoms with van der Waals surface area (Å²) in [4.78, 5) is 15.1. The first-order chi connectivity index (χ1) is 14.4. The first-order valence-corrected chi connectivity index (χ1v) is 10.5. The van der Waals surface area contributed by atoms with Gasteiger partial charge in [0.05, 0.1) is 22.3 Å². The molecule has 0 aliphatic carbocycles. The molecular weight excluding hydrogens is 402 g/mol. The molecular formula is C20H11N7S2. The fourth-order valence-corrected chi connectivity index (χ4v) is 4.76. The van der Waals surface area contributed by atoms with Gasteiger partial charge in [0.25, 0.3) is 0 Å². The molecule has 1 aromatic carbocycles. The van der Waals surface area contributed by atoms with Crippen LogP contribution in [0.15, 0.2) is 66.4 Å². The van der Waals surface area contributed by atoms with Gasteiger partial charge in [-0.1, -0.05) is 35.6 Å². The Kier molecular flexibility index (Phi) is 3.68. The Morgan fingerprint density at radius 1 is 0.931 bits per heavy atom. The maximum Gasteiger partial charge on any atom is 0.235 e. The third-order valence-corrected chi connectivity index (χ3v) is 6.33. The van der Waals surface area contributed by atoms with E-state index in [1.54, 1.807) is 34.4 Å². The van der Waals surface area contributed by atoms with Crippen LogP contribution in [-0.2, 0) is 0 Å². The summed E-state index contributed by atoms with van der Waals surface area (Å²) < 4.78 is 1.73. The first-order valence-electron chi connectivity index (χ1n) is 8.79. The molecule has 9 heteroatoms. The van der Waals surface area contributed by atoms with E-state index < -0.39 is 0 Å². The second-order valence-corrected chi connectivity index (χ2v) is 8.17. The standard InChI is InChI=1S/C20H11N7S2/c1-2-5-14-12(4-1)13(10-15(23-14)17-6-3-9-28-17)19-26-27-18(24-25-20(27)29-19)16-11-21-7-8-22-16/h1-11H. The summed E-state index contributed by atoms with van der Waals surface area (Å²) >= 11 is 3.16. The molecule has 0 fully saturated rings. The van der Waals surface area contributed by atoms with Crippen LogP contribution in [0.25, 0.3) is 48.5 Å². The SMILES string of the molecule is c1csc(-c2cc(-c3nn4c(-c5cnccn5)nnc4s3)c3ccccc3n2)c1. The van der Waals surface area contributed by atoms with Crippen molar-refractivity contribution in [2.75, 3.05) is 0 Å². The largest absolute Gasteiger partial charge is 0.261 e. The third kappa shape index (κ3) is 2.71. The molecule has 0 atom stereocenters. The maximum atomic E-state index is 4.84. The van der Waals surface area contributed by atoms with E-state index in [1.165, 1.54) is 11.3 Å². The van der Waals surface area contributed by atoms with E-state index in [4.69, 9.17) is 10.1 Å². The number of thiophene rings is 1. The van der Waals surface area contributed by atoms with Crippen LogP contribution in [0.3, 0.4) is 0 Å². The molecule has 0 spiro atoms. The minimum Gasteiger partial charge on any atom is -0.261 e. The maximum absolute atomic E-state index is 4.84. The van der Waals surface area contributed by atoms with Crippen LogP contribution in [0.4, 0.5) is 0 Å². The number of pyridine rings is 1. The van der Waals surface area contributed by atoms with Gasteiger partial charge in [0.1, 0.15) is 10.7 Å². The zero-order chi connectivity index (χ0) is 19.2. The van der Waals surface area contributed by atoms with Crippen LogP contribution < -0.4 is 0 Å². The van der Waals surface area contributed by atoms with Gasteiger partial charge >= 0.3 is 0 Å². The second kappa shape index (κ2) is 6.50. The number of rotatable bonds is 3. The molecule has 6 rings (SSSR count). The zero-order valence-corrected chi connectivity index (χ0v) is 16.4. The topological polar surface area (TPSA) is 81.8 Å². The van der Waals surface area contributed by atoms with Crippen molar-refractivity contribution in [2.24, 2.45) is 0 Å². The molecule has 0 aliphatic rings. The first kappa shape index (κ1) is 16.4. The highest BCUT2D eigenvalue weighted by Crippen LogP contribution is 2.35. The Hall–Kier alpha value is -3.56. The average molecular weight is 413 g/mol. The van der Waals surface area contributed by atoms with E-state index in [9.17, 15) is 0 Å². The highest BCUT2D eigenvalue weighted by atomic mass is 32.1.